The average molecular weight is 349 g/mol. The third-order valence-electron chi connectivity index (χ3n) is 3.95. The van der Waals surface area contributed by atoms with Crippen LogP contribution in [-0.2, 0) is 10.3 Å². The van der Waals surface area contributed by atoms with Crippen LogP contribution in [0.3, 0.4) is 0 Å². The van der Waals surface area contributed by atoms with Crippen molar-refractivity contribution in [1.82, 2.24) is 4.98 Å². The molecule has 0 spiro atoms. The van der Waals surface area contributed by atoms with E-state index in [1.54, 1.807) is 24.6 Å². The maximum Gasteiger partial charge on any atom is 0.149 e. The van der Waals surface area contributed by atoms with Crippen LogP contribution in [0.1, 0.15) is 23.1 Å². The van der Waals surface area contributed by atoms with Gasteiger partial charge in [-0.3, -0.25) is 0 Å². The zero-order valence-corrected chi connectivity index (χ0v) is 15.0. The van der Waals surface area contributed by atoms with E-state index in [2.05, 4.69) is 16.8 Å². The highest BCUT2D eigenvalue weighted by molar-refractivity contribution is 7.09. The van der Waals surface area contributed by atoms with Crippen LogP contribution in [0.15, 0.2) is 66.2 Å². The first kappa shape index (κ1) is 17.2. The topological polar surface area (TPSA) is 31.4 Å². The molecule has 1 unspecified atom stereocenters. The normalized spacial score (nSPS) is 12.7. The smallest absolute Gasteiger partial charge is 0.149 e. The molecule has 1 heterocycles. The molecule has 1 atom stereocenters. The van der Waals surface area contributed by atoms with Gasteiger partial charge in [-0.25, -0.2) is 4.98 Å². The molecule has 0 aliphatic heterocycles. The van der Waals surface area contributed by atoms with Gasteiger partial charge in [-0.1, -0.05) is 42.2 Å². The van der Waals surface area contributed by atoms with Crippen LogP contribution < -0.4 is 4.74 Å². The molecule has 3 rings (SSSR count). The number of thiazole rings is 1. The maximum absolute atomic E-state index is 5.78. The van der Waals surface area contributed by atoms with E-state index in [-0.39, 0.29) is 0 Å². The van der Waals surface area contributed by atoms with Gasteiger partial charge in [-0.2, -0.15) is 0 Å². The number of aromatic nitrogens is 1. The quantitative estimate of drug-likeness (QED) is 0.636. The van der Waals surface area contributed by atoms with Gasteiger partial charge in [-0.05, 0) is 36.8 Å². The van der Waals surface area contributed by atoms with Crippen molar-refractivity contribution >= 4 is 11.3 Å². The first-order valence-corrected chi connectivity index (χ1v) is 8.83. The fourth-order valence-corrected chi connectivity index (χ4v) is 3.25. The number of hydrogen-bond acceptors (Lipinski definition) is 4. The van der Waals surface area contributed by atoms with Gasteiger partial charge in [0, 0.05) is 24.3 Å². The molecule has 126 valence electrons. The summed E-state index contributed by atoms with van der Waals surface area (Å²) in [5, 5.41) is 2.86. The zero-order chi connectivity index (χ0) is 17.5. The van der Waals surface area contributed by atoms with Crippen molar-refractivity contribution in [2.24, 2.45) is 0 Å². The largest absolute Gasteiger partial charge is 0.481 e. The van der Waals surface area contributed by atoms with Crippen molar-refractivity contribution in [1.29, 1.82) is 0 Å². The third kappa shape index (κ3) is 4.08. The lowest BCUT2D eigenvalue weighted by molar-refractivity contribution is 0.0387. The molecule has 1 aromatic heterocycles. The Morgan fingerprint density at radius 1 is 1.12 bits per heavy atom. The Bertz CT molecular complexity index is 866. The number of rotatable bonds is 5. The minimum absolute atomic E-state index is 0.333. The van der Waals surface area contributed by atoms with E-state index in [1.807, 2.05) is 66.9 Å². The summed E-state index contributed by atoms with van der Waals surface area (Å²) in [4.78, 5) is 4.40. The maximum atomic E-state index is 5.78. The van der Waals surface area contributed by atoms with Gasteiger partial charge in [0.2, 0.25) is 0 Å². The Labute approximate surface area is 152 Å². The fraction of sp³-hybridized carbons (Fsp3) is 0.190. The molecule has 0 aliphatic carbocycles. The van der Waals surface area contributed by atoms with Gasteiger partial charge >= 0.3 is 0 Å². The monoisotopic (exact) mass is 349 g/mol. The highest BCUT2D eigenvalue weighted by Gasteiger charge is 2.31. The molecular weight excluding hydrogens is 330 g/mol. The Morgan fingerprint density at radius 2 is 1.96 bits per heavy atom. The molecule has 4 heteroatoms. The van der Waals surface area contributed by atoms with Crippen LogP contribution >= 0.6 is 11.3 Å². The van der Waals surface area contributed by atoms with E-state index in [1.165, 1.54) is 0 Å². The van der Waals surface area contributed by atoms with Gasteiger partial charge in [0.1, 0.15) is 23.0 Å². The molecule has 0 radical (unpaired) electrons. The van der Waals surface area contributed by atoms with Crippen LogP contribution in [0.25, 0.3) is 0 Å². The van der Waals surface area contributed by atoms with Crippen molar-refractivity contribution in [2.75, 3.05) is 13.7 Å². The van der Waals surface area contributed by atoms with E-state index >= 15 is 0 Å². The van der Waals surface area contributed by atoms with E-state index < -0.39 is 5.60 Å². The van der Waals surface area contributed by atoms with Gasteiger partial charge in [0.15, 0.2) is 0 Å². The predicted molar refractivity (Wildman–Crippen MR) is 101 cm³/mol. The van der Waals surface area contributed by atoms with Crippen LogP contribution in [0, 0.1) is 11.8 Å². The molecule has 3 nitrogen and oxygen atoms in total. The highest BCUT2D eigenvalue weighted by atomic mass is 32.1. The number of hydrogen-bond donors (Lipinski definition) is 0. The summed E-state index contributed by atoms with van der Waals surface area (Å²) in [7, 11) is 1.69. The van der Waals surface area contributed by atoms with Gasteiger partial charge in [0.25, 0.3) is 0 Å². The summed E-state index contributed by atoms with van der Waals surface area (Å²) < 4.78 is 11.6. The van der Waals surface area contributed by atoms with Gasteiger partial charge in [0.05, 0.1) is 0 Å². The van der Waals surface area contributed by atoms with Crippen LogP contribution in [0.5, 0.6) is 5.75 Å². The summed E-state index contributed by atoms with van der Waals surface area (Å²) in [6, 6.07) is 17.8. The van der Waals surface area contributed by atoms with E-state index in [4.69, 9.17) is 9.47 Å². The summed E-state index contributed by atoms with van der Waals surface area (Å²) >= 11 is 1.57. The molecule has 3 aromatic rings. The molecule has 0 saturated carbocycles. The number of ether oxygens (including phenoxy) is 2. The molecular formula is C21H19NO2S. The Morgan fingerprint density at radius 3 is 2.68 bits per heavy atom. The molecule has 0 aliphatic rings. The van der Waals surface area contributed by atoms with Crippen LogP contribution in [0.2, 0.25) is 0 Å². The average Bonchev–Trinajstić information content (AvgIpc) is 3.21. The first-order valence-electron chi connectivity index (χ1n) is 7.95. The van der Waals surface area contributed by atoms with Crippen molar-refractivity contribution in [3.63, 3.8) is 0 Å². The SMILES string of the molecule is COC(C)(c1cccc(OCC#Cc2ccccc2)c1)c1nccs1. The lowest BCUT2D eigenvalue weighted by Gasteiger charge is -2.26. The lowest BCUT2D eigenvalue weighted by Crippen LogP contribution is -2.25. The second-order valence-corrected chi connectivity index (χ2v) is 6.45. The Balaban J connectivity index is 1.73. The number of nitrogens with zero attached hydrogens (tertiary/aromatic N) is 1. The number of methoxy groups -OCH3 is 1. The first-order chi connectivity index (χ1) is 12.2. The van der Waals surface area contributed by atoms with Crippen LogP contribution in [0.4, 0.5) is 0 Å². The molecule has 25 heavy (non-hydrogen) atoms. The van der Waals surface area contributed by atoms with Crippen molar-refractivity contribution in [2.45, 2.75) is 12.5 Å². The molecule has 0 N–H and O–H groups in total. The van der Waals surface area contributed by atoms with Gasteiger partial charge in [-0.15, -0.1) is 11.3 Å². The minimum Gasteiger partial charge on any atom is -0.481 e. The molecule has 0 fully saturated rings. The van der Waals surface area contributed by atoms with Gasteiger partial charge < -0.3 is 9.47 Å². The summed E-state index contributed by atoms with van der Waals surface area (Å²) in [6.07, 6.45) is 1.79. The zero-order valence-electron chi connectivity index (χ0n) is 14.2. The Kier molecular flexibility index (Phi) is 5.49. The summed E-state index contributed by atoms with van der Waals surface area (Å²) in [5.74, 6) is 6.89. The highest BCUT2D eigenvalue weighted by Crippen LogP contribution is 2.35. The molecule has 0 bridgehead atoms. The molecule has 0 amide bonds. The Hall–Kier alpha value is -2.61. The predicted octanol–water partition coefficient (Wildman–Crippen LogP) is 4.48. The van der Waals surface area contributed by atoms with E-state index in [0.717, 1.165) is 21.9 Å². The molecule has 2 aromatic carbocycles. The van der Waals surface area contributed by atoms with Crippen molar-refractivity contribution < 1.29 is 9.47 Å². The second-order valence-electron chi connectivity index (χ2n) is 5.56. The van der Waals surface area contributed by atoms with Crippen molar-refractivity contribution in [3.05, 3.63) is 82.3 Å². The van der Waals surface area contributed by atoms with Crippen LogP contribution in [-0.4, -0.2) is 18.7 Å². The van der Waals surface area contributed by atoms with E-state index in [9.17, 15) is 0 Å². The van der Waals surface area contributed by atoms with E-state index in [0.29, 0.717) is 6.61 Å². The minimum atomic E-state index is -0.594. The summed E-state index contributed by atoms with van der Waals surface area (Å²) in [6.45, 7) is 2.35. The van der Waals surface area contributed by atoms with Crippen molar-refractivity contribution in [3.8, 4) is 17.6 Å². The standard InChI is InChI=1S/C21H19NO2S/c1-21(23-2,20-22-13-15-25-20)18-11-6-12-19(16-18)24-14-7-10-17-8-4-3-5-9-17/h3-6,8-9,11-13,15-16H,14H2,1-2H3. The third-order valence-corrected chi connectivity index (χ3v) is 4.93. The molecule has 0 saturated heterocycles. The lowest BCUT2D eigenvalue weighted by atomic mass is 9.96. The fourth-order valence-electron chi connectivity index (χ4n) is 2.45. The summed E-state index contributed by atoms with van der Waals surface area (Å²) in [5.41, 5.74) is 1.39. The number of benzene rings is 2. The second kappa shape index (κ2) is 7.98.